The van der Waals surface area contributed by atoms with Gasteiger partial charge in [-0.3, -0.25) is 19.3 Å². The van der Waals surface area contributed by atoms with Crippen molar-refractivity contribution >= 4 is 17.7 Å². The summed E-state index contributed by atoms with van der Waals surface area (Å²) < 4.78 is 0. The van der Waals surface area contributed by atoms with Crippen molar-refractivity contribution in [3.63, 3.8) is 0 Å². The molecule has 1 aromatic carbocycles. The lowest BCUT2D eigenvalue weighted by Gasteiger charge is -2.12. The van der Waals surface area contributed by atoms with Crippen LogP contribution in [0.3, 0.4) is 0 Å². The quantitative estimate of drug-likeness (QED) is 0.780. The van der Waals surface area contributed by atoms with E-state index >= 15 is 0 Å². The van der Waals surface area contributed by atoms with Gasteiger partial charge in [-0.1, -0.05) is 12.1 Å². The van der Waals surface area contributed by atoms with Gasteiger partial charge in [-0.05, 0) is 24.6 Å². The molecule has 1 fully saturated rings. The van der Waals surface area contributed by atoms with Crippen LogP contribution in [0.2, 0.25) is 0 Å². The standard InChI is InChI=1S/C15H14N2O3/c18-13-7-3-8-16(13)9-4-10-17-14(19)11-5-1-2-6-12(11)15(17)20/h1-2,4-6,9H,3,7-8,10H2/b9-4+. The SMILES string of the molecule is O=C1CCCN1/C=C/CN1C(=O)c2ccccc2C1=O. The van der Waals surface area contributed by atoms with Gasteiger partial charge in [0.1, 0.15) is 0 Å². The molecular weight excluding hydrogens is 256 g/mol. The molecule has 0 bridgehead atoms. The first-order valence-electron chi connectivity index (χ1n) is 6.60. The molecule has 5 nitrogen and oxygen atoms in total. The molecule has 3 amide bonds. The lowest BCUT2D eigenvalue weighted by atomic mass is 10.1. The minimum absolute atomic E-state index is 0.0867. The monoisotopic (exact) mass is 270 g/mol. The Balaban J connectivity index is 1.71. The molecule has 0 aliphatic carbocycles. The molecule has 5 heteroatoms. The third-order valence-electron chi connectivity index (χ3n) is 3.56. The van der Waals surface area contributed by atoms with Gasteiger partial charge in [0.2, 0.25) is 5.91 Å². The van der Waals surface area contributed by atoms with Crippen molar-refractivity contribution in [1.29, 1.82) is 0 Å². The summed E-state index contributed by atoms with van der Waals surface area (Å²) in [5, 5.41) is 0. The van der Waals surface area contributed by atoms with Gasteiger partial charge in [-0.25, -0.2) is 0 Å². The van der Waals surface area contributed by atoms with E-state index < -0.39 is 0 Å². The number of benzene rings is 1. The molecule has 0 aromatic heterocycles. The number of amides is 3. The normalized spacial score (nSPS) is 18.5. The summed E-state index contributed by atoms with van der Waals surface area (Å²) >= 11 is 0. The number of carbonyl (C=O) groups excluding carboxylic acids is 3. The molecule has 0 radical (unpaired) electrons. The second-order valence-corrected chi connectivity index (χ2v) is 4.84. The Bertz CT molecular complexity index is 586. The number of hydrogen-bond acceptors (Lipinski definition) is 3. The number of imide groups is 1. The van der Waals surface area contributed by atoms with E-state index in [1.165, 1.54) is 4.90 Å². The third kappa shape index (κ3) is 2.01. The minimum atomic E-state index is -0.275. The number of likely N-dealkylation sites (tertiary alicyclic amines) is 1. The van der Waals surface area contributed by atoms with Crippen molar-refractivity contribution in [3.8, 4) is 0 Å². The fourth-order valence-electron chi connectivity index (χ4n) is 2.51. The maximum atomic E-state index is 12.1. The van der Waals surface area contributed by atoms with Gasteiger partial charge in [-0.15, -0.1) is 0 Å². The smallest absolute Gasteiger partial charge is 0.261 e. The zero-order valence-corrected chi connectivity index (χ0v) is 10.9. The highest BCUT2D eigenvalue weighted by atomic mass is 16.2. The van der Waals surface area contributed by atoms with Gasteiger partial charge in [0.25, 0.3) is 11.8 Å². The number of rotatable bonds is 3. The van der Waals surface area contributed by atoms with Gasteiger partial charge in [0.05, 0.1) is 11.1 Å². The zero-order chi connectivity index (χ0) is 14.1. The molecule has 2 aliphatic rings. The van der Waals surface area contributed by atoms with E-state index in [1.54, 1.807) is 41.4 Å². The van der Waals surface area contributed by atoms with Crippen LogP contribution in [0.4, 0.5) is 0 Å². The van der Waals surface area contributed by atoms with Crippen molar-refractivity contribution < 1.29 is 14.4 Å². The second-order valence-electron chi connectivity index (χ2n) is 4.84. The number of carbonyl (C=O) groups is 3. The van der Waals surface area contributed by atoms with E-state index in [2.05, 4.69) is 0 Å². The van der Waals surface area contributed by atoms with Crippen LogP contribution in [0.15, 0.2) is 36.5 Å². The summed E-state index contributed by atoms with van der Waals surface area (Å²) in [7, 11) is 0. The van der Waals surface area contributed by atoms with Gasteiger partial charge in [-0.2, -0.15) is 0 Å². The lowest BCUT2D eigenvalue weighted by Crippen LogP contribution is -2.30. The Morgan fingerprint density at radius 2 is 1.70 bits per heavy atom. The summed E-state index contributed by atoms with van der Waals surface area (Å²) in [6.45, 7) is 0.896. The van der Waals surface area contributed by atoms with Gasteiger partial charge in [0, 0.05) is 25.7 Å². The molecule has 0 N–H and O–H groups in total. The fourth-order valence-corrected chi connectivity index (χ4v) is 2.51. The minimum Gasteiger partial charge on any atom is -0.319 e. The highest BCUT2D eigenvalue weighted by Crippen LogP contribution is 2.22. The van der Waals surface area contributed by atoms with Crippen molar-refractivity contribution in [2.24, 2.45) is 0 Å². The van der Waals surface area contributed by atoms with E-state index in [1.807, 2.05) is 0 Å². The van der Waals surface area contributed by atoms with Crippen LogP contribution < -0.4 is 0 Å². The van der Waals surface area contributed by atoms with Crippen molar-refractivity contribution in [2.45, 2.75) is 12.8 Å². The van der Waals surface area contributed by atoms with Gasteiger partial charge >= 0.3 is 0 Å². The van der Waals surface area contributed by atoms with Crippen LogP contribution in [0.1, 0.15) is 33.6 Å². The number of hydrogen-bond donors (Lipinski definition) is 0. The van der Waals surface area contributed by atoms with Crippen LogP contribution in [-0.4, -0.2) is 40.6 Å². The summed E-state index contributed by atoms with van der Waals surface area (Å²) in [6.07, 6.45) is 4.78. The largest absolute Gasteiger partial charge is 0.319 e. The Morgan fingerprint density at radius 3 is 2.25 bits per heavy atom. The maximum absolute atomic E-state index is 12.1. The Hall–Kier alpha value is -2.43. The molecule has 20 heavy (non-hydrogen) atoms. The molecule has 1 aromatic rings. The van der Waals surface area contributed by atoms with E-state index in [9.17, 15) is 14.4 Å². The van der Waals surface area contributed by atoms with Crippen molar-refractivity contribution in [2.75, 3.05) is 13.1 Å². The third-order valence-corrected chi connectivity index (χ3v) is 3.56. The van der Waals surface area contributed by atoms with Crippen LogP contribution in [0, 0.1) is 0 Å². The fraction of sp³-hybridized carbons (Fsp3) is 0.267. The molecule has 0 unspecified atom stereocenters. The molecule has 2 aliphatic heterocycles. The second kappa shape index (κ2) is 4.92. The molecule has 0 spiro atoms. The van der Waals surface area contributed by atoms with E-state index in [0.29, 0.717) is 24.1 Å². The first-order valence-corrected chi connectivity index (χ1v) is 6.60. The van der Waals surface area contributed by atoms with Gasteiger partial charge < -0.3 is 4.90 Å². The summed E-state index contributed by atoms with van der Waals surface area (Å²) in [6, 6.07) is 6.80. The van der Waals surface area contributed by atoms with Gasteiger partial charge in [0.15, 0.2) is 0 Å². The Kier molecular flexibility index (Phi) is 3.10. The molecule has 1 saturated heterocycles. The summed E-state index contributed by atoms with van der Waals surface area (Å²) in [5.74, 6) is -0.463. The molecule has 2 heterocycles. The maximum Gasteiger partial charge on any atom is 0.261 e. The predicted octanol–water partition coefficient (Wildman–Crippen LogP) is 1.42. The summed E-state index contributed by atoms with van der Waals surface area (Å²) in [4.78, 5) is 38.4. The van der Waals surface area contributed by atoms with Crippen LogP contribution in [0.5, 0.6) is 0 Å². The molecule has 0 atom stereocenters. The molecule has 102 valence electrons. The van der Waals surface area contributed by atoms with Crippen LogP contribution >= 0.6 is 0 Å². The summed E-state index contributed by atoms with van der Waals surface area (Å²) in [5.41, 5.74) is 0.895. The predicted molar refractivity (Wildman–Crippen MR) is 71.9 cm³/mol. The number of nitrogens with zero attached hydrogens (tertiary/aromatic N) is 2. The Labute approximate surface area is 116 Å². The van der Waals surface area contributed by atoms with E-state index in [0.717, 1.165) is 6.42 Å². The van der Waals surface area contributed by atoms with E-state index in [4.69, 9.17) is 0 Å². The highest BCUT2D eigenvalue weighted by Gasteiger charge is 2.34. The highest BCUT2D eigenvalue weighted by molar-refractivity contribution is 6.21. The first kappa shape index (κ1) is 12.6. The topological polar surface area (TPSA) is 57.7 Å². The molecular formula is C15H14N2O3. The molecule has 0 saturated carbocycles. The first-order chi connectivity index (χ1) is 9.68. The van der Waals surface area contributed by atoms with Crippen molar-refractivity contribution in [3.05, 3.63) is 47.7 Å². The van der Waals surface area contributed by atoms with Crippen LogP contribution in [0.25, 0.3) is 0 Å². The zero-order valence-electron chi connectivity index (χ0n) is 10.9. The van der Waals surface area contributed by atoms with Crippen molar-refractivity contribution in [1.82, 2.24) is 9.80 Å². The Morgan fingerprint density at radius 1 is 1.05 bits per heavy atom. The number of fused-ring (bicyclic) bond motifs is 1. The van der Waals surface area contributed by atoms with E-state index in [-0.39, 0.29) is 24.3 Å². The molecule has 3 rings (SSSR count). The average molecular weight is 270 g/mol. The average Bonchev–Trinajstić information content (AvgIpc) is 2.97. The van der Waals surface area contributed by atoms with Crippen LogP contribution in [-0.2, 0) is 4.79 Å². The lowest BCUT2D eigenvalue weighted by molar-refractivity contribution is -0.125.